The first-order valence-corrected chi connectivity index (χ1v) is 10.3. The molecular formula is C17H25O8P. The molecule has 1 aromatic rings. The van der Waals surface area contributed by atoms with Crippen LogP contribution in [0.25, 0.3) is 0 Å². The van der Waals surface area contributed by atoms with E-state index in [0.29, 0.717) is 5.56 Å². The summed E-state index contributed by atoms with van der Waals surface area (Å²) in [6.07, 6.45) is -2.24. The summed E-state index contributed by atoms with van der Waals surface area (Å²) in [5, 5.41) is 9.46. The SMILES string of the molecule is CCOP(=O)(CO[C@@H]1CC(OC(=O)c2ccccc2)[C@@H](CO)O1)OCC. The number of aliphatic hydroxyl groups excluding tert-OH is 1. The number of hydrogen-bond donors (Lipinski definition) is 1. The van der Waals surface area contributed by atoms with E-state index < -0.39 is 32.1 Å². The molecule has 146 valence electrons. The van der Waals surface area contributed by atoms with Crippen molar-refractivity contribution in [3.63, 3.8) is 0 Å². The van der Waals surface area contributed by atoms with E-state index in [2.05, 4.69) is 0 Å². The average Bonchev–Trinajstić information content (AvgIpc) is 3.03. The number of aliphatic hydroxyl groups is 1. The second-order valence-corrected chi connectivity index (χ2v) is 7.57. The van der Waals surface area contributed by atoms with Crippen molar-refractivity contribution >= 4 is 13.6 Å². The molecule has 1 N–H and O–H groups in total. The van der Waals surface area contributed by atoms with Crippen molar-refractivity contribution in [2.45, 2.75) is 38.8 Å². The van der Waals surface area contributed by atoms with Gasteiger partial charge in [-0.25, -0.2) is 4.79 Å². The maximum atomic E-state index is 12.4. The van der Waals surface area contributed by atoms with Crippen LogP contribution in [0.1, 0.15) is 30.6 Å². The fourth-order valence-electron chi connectivity index (χ4n) is 2.53. The fourth-order valence-corrected chi connectivity index (χ4v) is 3.89. The Balaban J connectivity index is 1.91. The molecule has 1 fully saturated rings. The lowest BCUT2D eigenvalue weighted by Crippen LogP contribution is -2.30. The predicted octanol–water partition coefficient (Wildman–Crippen LogP) is 2.56. The van der Waals surface area contributed by atoms with E-state index in [1.54, 1.807) is 44.2 Å². The van der Waals surface area contributed by atoms with Gasteiger partial charge in [0.05, 0.1) is 25.4 Å². The molecule has 1 aliphatic heterocycles. The normalized spacial score (nSPS) is 23.1. The third-order valence-corrected chi connectivity index (χ3v) is 5.45. The zero-order chi connectivity index (χ0) is 19.0. The van der Waals surface area contributed by atoms with Crippen LogP contribution in [0.15, 0.2) is 30.3 Å². The number of rotatable bonds is 10. The average molecular weight is 388 g/mol. The lowest BCUT2D eigenvalue weighted by molar-refractivity contribution is -0.135. The highest BCUT2D eigenvalue weighted by atomic mass is 31.2. The van der Waals surface area contributed by atoms with Gasteiger partial charge in [0.1, 0.15) is 12.2 Å². The van der Waals surface area contributed by atoms with E-state index in [9.17, 15) is 14.5 Å². The largest absolute Gasteiger partial charge is 0.456 e. The molecule has 2 rings (SSSR count). The minimum absolute atomic E-state index is 0.210. The highest BCUT2D eigenvalue weighted by Gasteiger charge is 2.39. The van der Waals surface area contributed by atoms with Crippen LogP contribution >= 0.6 is 7.60 Å². The highest BCUT2D eigenvalue weighted by Crippen LogP contribution is 2.48. The zero-order valence-electron chi connectivity index (χ0n) is 14.9. The van der Waals surface area contributed by atoms with Crippen molar-refractivity contribution in [3.8, 4) is 0 Å². The van der Waals surface area contributed by atoms with E-state index in [1.165, 1.54) is 0 Å². The number of esters is 1. The number of hydrogen-bond acceptors (Lipinski definition) is 8. The third-order valence-electron chi connectivity index (χ3n) is 3.68. The van der Waals surface area contributed by atoms with Crippen LogP contribution in [0.3, 0.4) is 0 Å². The first-order valence-electron chi connectivity index (χ1n) is 8.53. The van der Waals surface area contributed by atoms with E-state index in [0.717, 1.165) is 0 Å². The summed E-state index contributed by atoms with van der Waals surface area (Å²) in [5.74, 6) is -0.507. The van der Waals surface area contributed by atoms with Gasteiger partial charge in [-0.05, 0) is 26.0 Å². The Morgan fingerprint density at radius 3 is 2.46 bits per heavy atom. The molecule has 0 aromatic heterocycles. The van der Waals surface area contributed by atoms with Crippen LogP contribution in [0.5, 0.6) is 0 Å². The molecule has 1 aliphatic rings. The second kappa shape index (κ2) is 10.2. The molecule has 0 spiro atoms. The smallest absolute Gasteiger partial charge is 0.356 e. The monoisotopic (exact) mass is 388 g/mol. The summed E-state index contributed by atoms with van der Waals surface area (Å²) >= 11 is 0. The van der Waals surface area contributed by atoms with Crippen LogP contribution < -0.4 is 0 Å². The number of carbonyl (C=O) groups excluding carboxylic acids is 1. The Kier molecular flexibility index (Phi) is 8.21. The molecule has 0 bridgehead atoms. The minimum atomic E-state index is -3.37. The molecule has 1 unspecified atom stereocenters. The second-order valence-electron chi connectivity index (χ2n) is 5.57. The quantitative estimate of drug-likeness (QED) is 0.482. The van der Waals surface area contributed by atoms with Crippen LogP contribution in [-0.4, -0.2) is 55.7 Å². The van der Waals surface area contributed by atoms with Gasteiger partial charge in [0.15, 0.2) is 12.6 Å². The lowest BCUT2D eigenvalue weighted by Gasteiger charge is -2.19. The molecule has 0 saturated carbocycles. The predicted molar refractivity (Wildman–Crippen MR) is 92.8 cm³/mol. The van der Waals surface area contributed by atoms with E-state index in [4.69, 9.17) is 23.3 Å². The standard InChI is InChI=1S/C17H25O8P/c1-3-22-26(20,23-4-2)12-21-16-10-14(15(11-18)24-16)25-17(19)13-8-6-5-7-9-13/h5-9,14-16,18H,3-4,10-12H2,1-2H3/t14?,15-,16+/m1/s1. The Morgan fingerprint density at radius 2 is 1.88 bits per heavy atom. The van der Waals surface area contributed by atoms with E-state index in [-0.39, 0.29) is 32.6 Å². The van der Waals surface area contributed by atoms with Gasteiger partial charge < -0.3 is 28.4 Å². The van der Waals surface area contributed by atoms with Crippen LogP contribution in [0.2, 0.25) is 0 Å². The zero-order valence-corrected chi connectivity index (χ0v) is 15.8. The van der Waals surface area contributed by atoms with Gasteiger partial charge in [-0.1, -0.05) is 18.2 Å². The molecule has 0 amide bonds. The topological polar surface area (TPSA) is 101 Å². The van der Waals surface area contributed by atoms with Crippen molar-refractivity contribution in [1.29, 1.82) is 0 Å². The Morgan fingerprint density at radius 1 is 1.23 bits per heavy atom. The molecule has 1 heterocycles. The van der Waals surface area contributed by atoms with Crippen molar-refractivity contribution in [2.75, 3.05) is 26.2 Å². The van der Waals surface area contributed by atoms with Gasteiger partial charge in [0, 0.05) is 6.42 Å². The van der Waals surface area contributed by atoms with Gasteiger partial charge in [-0.15, -0.1) is 0 Å². The Bertz CT molecular complexity index is 598. The lowest BCUT2D eigenvalue weighted by atomic mass is 10.2. The van der Waals surface area contributed by atoms with E-state index in [1.807, 2.05) is 0 Å². The van der Waals surface area contributed by atoms with Crippen molar-refractivity contribution in [1.82, 2.24) is 0 Å². The van der Waals surface area contributed by atoms with E-state index >= 15 is 0 Å². The summed E-state index contributed by atoms with van der Waals surface area (Å²) in [4.78, 5) is 12.2. The number of ether oxygens (including phenoxy) is 3. The van der Waals surface area contributed by atoms with Crippen molar-refractivity contribution < 1.29 is 37.7 Å². The summed E-state index contributed by atoms with van der Waals surface area (Å²) in [6, 6.07) is 8.54. The fraction of sp³-hybridized carbons (Fsp3) is 0.588. The molecule has 0 radical (unpaired) electrons. The minimum Gasteiger partial charge on any atom is -0.456 e. The molecule has 3 atom stereocenters. The molecule has 1 saturated heterocycles. The summed E-state index contributed by atoms with van der Waals surface area (Å²) in [6.45, 7) is 3.53. The highest BCUT2D eigenvalue weighted by molar-refractivity contribution is 7.53. The molecule has 0 aliphatic carbocycles. The number of benzene rings is 1. The third kappa shape index (κ3) is 5.87. The summed E-state index contributed by atoms with van der Waals surface area (Å²) < 4.78 is 39.1. The Labute approximate surface area is 152 Å². The Hall–Kier alpha value is -1.28. The first kappa shape index (κ1) is 21.0. The van der Waals surface area contributed by atoms with Gasteiger partial charge >= 0.3 is 13.6 Å². The maximum Gasteiger partial charge on any atom is 0.356 e. The van der Waals surface area contributed by atoms with Gasteiger partial charge in [-0.3, -0.25) is 4.57 Å². The molecular weight excluding hydrogens is 363 g/mol. The summed E-state index contributed by atoms with van der Waals surface area (Å²) in [7, 11) is -3.37. The maximum absolute atomic E-state index is 12.4. The van der Waals surface area contributed by atoms with Gasteiger partial charge in [0.25, 0.3) is 0 Å². The van der Waals surface area contributed by atoms with Crippen molar-refractivity contribution in [3.05, 3.63) is 35.9 Å². The first-order chi connectivity index (χ1) is 12.5. The molecule has 8 nitrogen and oxygen atoms in total. The summed E-state index contributed by atoms with van der Waals surface area (Å²) in [5.41, 5.74) is 0.408. The van der Waals surface area contributed by atoms with Gasteiger partial charge in [0.2, 0.25) is 0 Å². The number of carbonyl (C=O) groups is 1. The molecule has 1 aromatic carbocycles. The van der Waals surface area contributed by atoms with Gasteiger partial charge in [-0.2, -0.15) is 0 Å². The van der Waals surface area contributed by atoms with Crippen molar-refractivity contribution in [2.24, 2.45) is 0 Å². The van der Waals surface area contributed by atoms with Crippen LogP contribution in [0.4, 0.5) is 0 Å². The molecule has 9 heteroatoms. The molecule has 26 heavy (non-hydrogen) atoms. The van der Waals surface area contributed by atoms with Crippen LogP contribution in [-0.2, 0) is 27.8 Å². The van der Waals surface area contributed by atoms with Crippen LogP contribution in [0, 0.1) is 0 Å².